The molecule has 11 heteroatoms. The minimum absolute atomic E-state index is 0.00156. The molecule has 0 saturated carbocycles. The third kappa shape index (κ3) is 6.52. The van der Waals surface area contributed by atoms with Gasteiger partial charge in [-0.15, -0.1) is 0 Å². The molecule has 0 radical (unpaired) electrons. The average Bonchev–Trinajstić information content (AvgIpc) is 2.88. The van der Waals surface area contributed by atoms with Crippen molar-refractivity contribution in [2.75, 3.05) is 11.9 Å². The highest BCUT2D eigenvalue weighted by Crippen LogP contribution is 2.43. The lowest BCUT2D eigenvalue weighted by atomic mass is 10.0. The van der Waals surface area contributed by atoms with E-state index in [-0.39, 0.29) is 23.1 Å². The molecule has 0 aromatic heterocycles. The van der Waals surface area contributed by atoms with Crippen molar-refractivity contribution >= 4 is 63.8 Å². The number of anilines is 1. The normalized spacial score (nSPS) is 19.9. The van der Waals surface area contributed by atoms with Crippen molar-refractivity contribution in [1.29, 1.82) is 0 Å². The van der Waals surface area contributed by atoms with E-state index in [4.69, 9.17) is 32.2 Å². The number of hydrogen-bond donors (Lipinski definition) is 2. The Balaban J connectivity index is 1.33. The molecule has 2 aromatic carbocycles. The number of halogens is 2. The molecule has 196 valence electrons. The molecule has 0 bridgehead atoms. The Labute approximate surface area is 232 Å². The summed E-state index contributed by atoms with van der Waals surface area (Å²) in [6, 6.07) is 14.5. The topological polar surface area (TPSA) is 84.7 Å². The SMILES string of the molecule is O=C1CCc2cc(OCCCC=[N+](OS)C3=CCC(Cl)(S(=O)(=O)Cc4ccccc4)C(Cl)=C3)ccc2N1. The van der Waals surface area contributed by atoms with E-state index in [1.165, 1.54) is 10.8 Å². The van der Waals surface area contributed by atoms with Gasteiger partial charge in [-0.3, -0.25) is 4.79 Å². The molecule has 0 saturated heterocycles. The summed E-state index contributed by atoms with van der Waals surface area (Å²) in [7, 11) is -3.81. The second-order valence-electron chi connectivity index (χ2n) is 8.75. The first-order valence-electron chi connectivity index (χ1n) is 11.7. The van der Waals surface area contributed by atoms with Gasteiger partial charge in [0, 0.05) is 35.8 Å². The summed E-state index contributed by atoms with van der Waals surface area (Å²) in [6.07, 6.45) is 7.36. The first-order chi connectivity index (χ1) is 17.7. The van der Waals surface area contributed by atoms with E-state index in [1.807, 2.05) is 24.3 Å². The maximum Gasteiger partial charge on any atom is 0.255 e. The highest BCUT2D eigenvalue weighted by Gasteiger charge is 2.47. The molecule has 2 aromatic rings. The molecule has 1 heterocycles. The predicted octanol–water partition coefficient (Wildman–Crippen LogP) is 5.55. The number of fused-ring (bicyclic) bond motifs is 1. The van der Waals surface area contributed by atoms with Crippen LogP contribution in [0.4, 0.5) is 5.69 Å². The molecule has 4 rings (SSSR count). The molecule has 37 heavy (non-hydrogen) atoms. The molecular weight excluding hydrogens is 555 g/mol. The number of allylic oxidation sites excluding steroid dienone is 2. The zero-order valence-electron chi connectivity index (χ0n) is 19.9. The molecule has 0 spiro atoms. The van der Waals surface area contributed by atoms with Crippen LogP contribution in [-0.4, -0.2) is 36.1 Å². The highest BCUT2D eigenvalue weighted by atomic mass is 35.5. The fourth-order valence-electron chi connectivity index (χ4n) is 4.08. The molecule has 1 N–H and O–H groups in total. The number of carbonyl (C=O) groups excluding carboxylic acids is 1. The number of thiol groups is 1. The fraction of sp³-hybridized carbons (Fsp3) is 0.308. The summed E-state index contributed by atoms with van der Waals surface area (Å²) in [5.74, 6) is 0.557. The lowest BCUT2D eigenvalue weighted by molar-refractivity contribution is -0.696. The number of rotatable bonds is 10. The van der Waals surface area contributed by atoms with Crippen LogP contribution in [0.15, 0.2) is 71.4 Å². The lowest BCUT2D eigenvalue weighted by Gasteiger charge is -2.27. The smallest absolute Gasteiger partial charge is 0.255 e. The van der Waals surface area contributed by atoms with Crippen molar-refractivity contribution < 1.29 is 27.0 Å². The van der Waals surface area contributed by atoms with Crippen LogP contribution < -0.4 is 10.1 Å². The van der Waals surface area contributed by atoms with Gasteiger partial charge in [-0.1, -0.05) is 53.5 Å². The number of nitrogens with one attached hydrogen (secondary N) is 1. The van der Waals surface area contributed by atoms with Gasteiger partial charge in [-0.05, 0) is 48.2 Å². The van der Waals surface area contributed by atoms with Crippen LogP contribution in [0.25, 0.3) is 0 Å². The molecule has 1 amide bonds. The molecule has 7 nitrogen and oxygen atoms in total. The zero-order valence-corrected chi connectivity index (χ0v) is 23.1. The number of benzene rings is 2. The van der Waals surface area contributed by atoms with Crippen molar-refractivity contribution in [3.63, 3.8) is 0 Å². The monoisotopic (exact) mass is 581 g/mol. The number of alkyl halides is 1. The third-order valence-corrected chi connectivity index (χ3v) is 10.1. The third-order valence-electron chi connectivity index (χ3n) is 6.12. The van der Waals surface area contributed by atoms with Gasteiger partial charge in [0.25, 0.3) is 5.70 Å². The molecule has 2 aliphatic rings. The van der Waals surface area contributed by atoms with Crippen molar-refractivity contribution in [3.05, 3.63) is 82.5 Å². The Morgan fingerprint density at radius 3 is 2.68 bits per heavy atom. The number of hydroxylamine groups is 1. The Kier molecular flexibility index (Phi) is 8.90. The largest absolute Gasteiger partial charge is 0.494 e. The van der Waals surface area contributed by atoms with E-state index < -0.39 is 14.0 Å². The number of carbonyl (C=O) groups is 1. The average molecular weight is 583 g/mol. The molecule has 1 aliphatic heterocycles. The Bertz CT molecular complexity index is 1360. The van der Waals surface area contributed by atoms with Crippen molar-refractivity contribution in [2.24, 2.45) is 0 Å². The van der Waals surface area contributed by atoms with Crippen molar-refractivity contribution in [3.8, 4) is 5.75 Å². The molecule has 1 atom stereocenters. The Morgan fingerprint density at radius 2 is 1.95 bits per heavy atom. The van der Waals surface area contributed by atoms with Gasteiger partial charge in [0.2, 0.25) is 12.1 Å². The number of aryl methyl sites for hydroxylation is 1. The minimum Gasteiger partial charge on any atom is -0.494 e. The van der Waals surface area contributed by atoms with Crippen molar-refractivity contribution in [2.45, 2.75) is 42.1 Å². The highest BCUT2D eigenvalue weighted by molar-refractivity contribution is 7.93. The van der Waals surface area contributed by atoms with Gasteiger partial charge in [-0.25, -0.2) is 8.42 Å². The first-order valence-corrected chi connectivity index (χ1v) is 14.5. The van der Waals surface area contributed by atoms with Gasteiger partial charge in [-0.2, -0.15) is 4.28 Å². The van der Waals surface area contributed by atoms with Gasteiger partial charge < -0.3 is 10.1 Å². The first kappa shape index (κ1) is 27.6. The second-order valence-corrected chi connectivity index (χ2v) is 12.4. The Hall–Kier alpha value is -2.46. The van der Waals surface area contributed by atoms with Gasteiger partial charge in [0.15, 0.2) is 14.0 Å². The summed E-state index contributed by atoms with van der Waals surface area (Å²) < 4.78 is 36.9. The zero-order chi connectivity index (χ0) is 26.5. The minimum atomic E-state index is -3.81. The molecule has 0 fully saturated rings. The maximum absolute atomic E-state index is 13.1. The number of nitrogens with zero attached hydrogens (tertiary/aromatic N) is 1. The molecule has 1 unspecified atom stereocenters. The summed E-state index contributed by atoms with van der Waals surface area (Å²) in [5.41, 5.74) is 3.07. The van der Waals surface area contributed by atoms with E-state index in [2.05, 4.69) is 18.2 Å². The number of ether oxygens (including phenoxy) is 1. The van der Waals surface area contributed by atoms with E-state index in [0.717, 1.165) is 17.0 Å². The summed E-state index contributed by atoms with van der Waals surface area (Å²) in [4.78, 5) is 11.5. The Morgan fingerprint density at radius 1 is 1.16 bits per heavy atom. The number of amides is 1. The number of sulfone groups is 1. The van der Waals surface area contributed by atoms with E-state index in [0.29, 0.717) is 43.6 Å². The number of unbranched alkanes of at least 4 members (excludes halogenated alkanes) is 1. The second kappa shape index (κ2) is 11.9. The number of hydrogen-bond acceptors (Lipinski definition) is 6. The van der Waals surface area contributed by atoms with E-state index in [9.17, 15) is 13.2 Å². The van der Waals surface area contributed by atoms with Crippen LogP contribution in [0.1, 0.15) is 36.8 Å². The standard InChI is InChI=1S/C26H26Cl2N2O5S2/c27-24-17-21(12-13-26(24,28)37(32,33)18-19-6-2-1-3-7-19)30(35-36)14-4-5-15-34-22-9-10-23-20(16-22)8-11-25(31)29-23/h1-3,6-7,9-10,12,14,16-17H,4-5,8,11,13,15,18H2,(H-,29,31,36)/p+1. The molecule has 1 aliphatic carbocycles. The van der Waals surface area contributed by atoms with E-state index >= 15 is 0 Å². The summed E-state index contributed by atoms with van der Waals surface area (Å²) >= 11 is 16.9. The van der Waals surface area contributed by atoms with Crippen LogP contribution in [-0.2, 0) is 31.1 Å². The molecular formula is C26H27Cl2N2O5S2+. The van der Waals surface area contributed by atoms with Crippen LogP contribution in [0, 0.1) is 0 Å². The van der Waals surface area contributed by atoms with Crippen molar-refractivity contribution in [1.82, 2.24) is 0 Å². The van der Waals surface area contributed by atoms with E-state index in [1.54, 1.807) is 36.6 Å². The summed E-state index contributed by atoms with van der Waals surface area (Å²) in [5, 5.41) is 2.85. The predicted molar refractivity (Wildman–Crippen MR) is 149 cm³/mol. The van der Waals surface area contributed by atoms with Crippen LogP contribution in [0.2, 0.25) is 0 Å². The quantitative estimate of drug-likeness (QED) is 0.0730. The fourth-order valence-corrected chi connectivity index (χ4v) is 6.64. The van der Waals surface area contributed by atoms with Crippen LogP contribution >= 0.6 is 36.1 Å². The lowest BCUT2D eigenvalue weighted by Crippen LogP contribution is -2.36. The summed E-state index contributed by atoms with van der Waals surface area (Å²) in [6.45, 7) is 0.472. The van der Waals surface area contributed by atoms with Crippen LogP contribution in [0.3, 0.4) is 0 Å². The van der Waals surface area contributed by atoms with Gasteiger partial charge in [0.1, 0.15) is 18.7 Å². The van der Waals surface area contributed by atoms with Gasteiger partial charge >= 0.3 is 0 Å². The van der Waals surface area contributed by atoms with Crippen LogP contribution in [0.5, 0.6) is 5.75 Å². The maximum atomic E-state index is 13.1. The van der Waals surface area contributed by atoms with Gasteiger partial charge in [0.05, 0.1) is 17.4 Å².